The zero-order chi connectivity index (χ0) is 13.8. The molecule has 0 saturated carbocycles. The molecule has 4 nitrogen and oxygen atoms in total. The lowest BCUT2D eigenvalue weighted by Gasteiger charge is -2.19. The Balaban J connectivity index is 2.09. The van der Waals surface area contributed by atoms with Gasteiger partial charge in [-0.2, -0.15) is 4.39 Å². The summed E-state index contributed by atoms with van der Waals surface area (Å²) in [6.07, 6.45) is 7.05. The van der Waals surface area contributed by atoms with Crippen molar-refractivity contribution < 1.29 is 13.7 Å². The Kier molecular flexibility index (Phi) is 4.09. The molecule has 6 heteroatoms. The topological polar surface area (TPSA) is 55.2 Å². The number of anilines is 1. The van der Waals surface area contributed by atoms with E-state index in [2.05, 4.69) is 17.5 Å². The first-order valence-electron chi connectivity index (χ1n) is 6.10. The third-order valence-corrected chi connectivity index (χ3v) is 3.19. The van der Waals surface area contributed by atoms with Gasteiger partial charge < -0.3 is 5.32 Å². The number of hydrogen-bond acceptors (Lipinski definition) is 3. The van der Waals surface area contributed by atoms with Crippen molar-refractivity contribution in [2.24, 2.45) is 5.92 Å². The molecule has 1 unspecified atom stereocenters. The van der Waals surface area contributed by atoms with Crippen molar-refractivity contribution in [3.05, 3.63) is 46.0 Å². The summed E-state index contributed by atoms with van der Waals surface area (Å²) in [6, 6.07) is 1.45. The summed E-state index contributed by atoms with van der Waals surface area (Å²) in [5, 5.41) is 13.4. The van der Waals surface area contributed by atoms with E-state index in [9.17, 15) is 18.9 Å². The molecule has 0 aliphatic heterocycles. The minimum absolute atomic E-state index is 0.0253. The van der Waals surface area contributed by atoms with E-state index in [0.717, 1.165) is 25.3 Å². The van der Waals surface area contributed by atoms with Crippen LogP contribution in [-0.4, -0.2) is 11.5 Å². The molecule has 0 amide bonds. The average molecular weight is 268 g/mol. The third kappa shape index (κ3) is 3.27. The van der Waals surface area contributed by atoms with Crippen molar-refractivity contribution in [2.75, 3.05) is 11.9 Å². The molecule has 1 aliphatic carbocycles. The normalized spacial score (nSPS) is 18.3. The van der Waals surface area contributed by atoms with Gasteiger partial charge in [-0.1, -0.05) is 12.2 Å². The summed E-state index contributed by atoms with van der Waals surface area (Å²) in [5.74, 6) is -1.60. The minimum Gasteiger partial charge on any atom is -0.382 e. The van der Waals surface area contributed by atoms with E-state index in [1.807, 2.05) is 0 Å². The van der Waals surface area contributed by atoms with Crippen LogP contribution in [0.5, 0.6) is 0 Å². The van der Waals surface area contributed by atoms with Gasteiger partial charge in [0.1, 0.15) is 5.82 Å². The van der Waals surface area contributed by atoms with Gasteiger partial charge in [0, 0.05) is 18.7 Å². The highest BCUT2D eigenvalue weighted by Crippen LogP contribution is 2.26. The van der Waals surface area contributed by atoms with Crippen LogP contribution in [0, 0.1) is 27.7 Å². The number of nitro groups is 1. The molecular weight excluding hydrogens is 254 g/mol. The summed E-state index contributed by atoms with van der Waals surface area (Å²) in [4.78, 5) is 9.74. The number of benzene rings is 1. The Bertz CT molecular complexity index is 518. The molecule has 1 atom stereocenters. The molecule has 0 heterocycles. The van der Waals surface area contributed by atoms with Crippen molar-refractivity contribution in [3.8, 4) is 0 Å². The second kappa shape index (κ2) is 5.77. The number of halogens is 2. The van der Waals surface area contributed by atoms with Crippen molar-refractivity contribution >= 4 is 11.4 Å². The molecule has 0 saturated heterocycles. The first-order valence-corrected chi connectivity index (χ1v) is 6.10. The number of nitrogens with one attached hydrogen (secondary N) is 1. The van der Waals surface area contributed by atoms with Gasteiger partial charge in [-0.05, 0) is 25.2 Å². The van der Waals surface area contributed by atoms with E-state index in [1.54, 1.807) is 0 Å². The molecule has 1 aromatic rings. The number of nitrogens with zero attached hydrogens (tertiary/aromatic N) is 1. The molecule has 1 aliphatic rings. The number of hydrogen-bond donors (Lipinski definition) is 1. The van der Waals surface area contributed by atoms with Gasteiger partial charge in [0.25, 0.3) is 0 Å². The Morgan fingerprint density at radius 2 is 2.11 bits per heavy atom. The Morgan fingerprint density at radius 3 is 2.74 bits per heavy atom. The van der Waals surface area contributed by atoms with Gasteiger partial charge in [0.05, 0.1) is 10.6 Å². The minimum atomic E-state index is -1.16. The summed E-state index contributed by atoms with van der Waals surface area (Å²) in [5.41, 5.74) is -0.741. The van der Waals surface area contributed by atoms with E-state index in [0.29, 0.717) is 18.5 Å². The zero-order valence-electron chi connectivity index (χ0n) is 10.2. The molecule has 0 aromatic heterocycles. The monoisotopic (exact) mass is 268 g/mol. The fraction of sp³-hybridized carbons (Fsp3) is 0.385. The first kappa shape index (κ1) is 13.5. The van der Waals surface area contributed by atoms with Gasteiger partial charge in [0.2, 0.25) is 5.82 Å². The molecule has 1 N–H and O–H groups in total. The van der Waals surface area contributed by atoms with Crippen LogP contribution in [0.4, 0.5) is 20.2 Å². The second-order valence-electron chi connectivity index (χ2n) is 4.57. The number of nitro benzene ring substituents is 1. The Labute approximate surface area is 109 Å². The van der Waals surface area contributed by atoms with Crippen LogP contribution in [0.25, 0.3) is 0 Å². The molecule has 0 fully saturated rings. The summed E-state index contributed by atoms with van der Waals surface area (Å²) in [6.45, 7) is 0.518. The van der Waals surface area contributed by atoms with E-state index in [-0.39, 0.29) is 5.69 Å². The summed E-state index contributed by atoms with van der Waals surface area (Å²) < 4.78 is 26.7. The number of allylic oxidation sites excluding steroid dienone is 2. The molecule has 102 valence electrons. The van der Waals surface area contributed by atoms with Crippen LogP contribution >= 0.6 is 0 Å². The molecule has 0 radical (unpaired) electrons. The fourth-order valence-corrected chi connectivity index (χ4v) is 2.11. The standard InChI is InChI=1S/C13H14F2N2O2/c14-10-6-11(15)13(17(18)19)7-12(10)16-8-9-4-2-1-3-5-9/h1-2,6-7,9,16H,3-5,8H2. The third-order valence-electron chi connectivity index (χ3n) is 3.19. The van der Waals surface area contributed by atoms with Crippen LogP contribution in [-0.2, 0) is 0 Å². The maximum Gasteiger partial charge on any atom is 0.307 e. The zero-order valence-corrected chi connectivity index (χ0v) is 10.2. The predicted molar refractivity (Wildman–Crippen MR) is 68.0 cm³/mol. The average Bonchev–Trinajstić information content (AvgIpc) is 2.38. The van der Waals surface area contributed by atoms with Crippen molar-refractivity contribution in [2.45, 2.75) is 19.3 Å². The van der Waals surface area contributed by atoms with Crippen LogP contribution in [0.3, 0.4) is 0 Å². The molecule has 1 aromatic carbocycles. The highest BCUT2D eigenvalue weighted by atomic mass is 19.1. The van der Waals surface area contributed by atoms with Gasteiger partial charge >= 0.3 is 5.69 Å². The Hall–Kier alpha value is -1.98. The van der Waals surface area contributed by atoms with Crippen molar-refractivity contribution in [3.63, 3.8) is 0 Å². The van der Waals surface area contributed by atoms with E-state index < -0.39 is 22.2 Å². The van der Waals surface area contributed by atoms with Crippen LogP contribution < -0.4 is 5.32 Å². The van der Waals surface area contributed by atoms with Crippen LogP contribution in [0.1, 0.15) is 19.3 Å². The lowest BCUT2D eigenvalue weighted by Crippen LogP contribution is -2.16. The van der Waals surface area contributed by atoms with E-state index in [1.165, 1.54) is 0 Å². The highest BCUT2D eigenvalue weighted by molar-refractivity contribution is 5.53. The SMILES string of the molecule is O=[N+]([O-])c1cc(NCC2CC=CCC2)c(F)cc1F. The van der Waals surface area contributed by atoms with Crippen molar-refractivity contribution in [1.82, 2.24) is 0 Å². The maximum atomic E-state index is 13.5. The summed E-state index contributed by atoms with van der Waals surface area (Å²) in [7, 11) is 0. The number of rotatable bonds is 4. The van der Waals surface area contributed by atoms with Gasteiger partial charge in [0.15, 0.2) is 0 Å². The lowest BCUT2D eigenvalue weighted by molar-refractivity contribution is -0.387. The maximum absolute atomic E-state index is 13.5. The molecule has 2 rings (SSSR count). The van der Waals surface area contributed by atoms with Crippen molar-refractivity contribution in [1.29, 1.82) is 0 Å². The lowest BCUT2D eigenvalue weighted by atomic mass is 9.94. The van der Waals surface area contributed by atoms with Gasteiger partial charge in [-0.15, -0.1) is 0 Å². The Morgan fingerprint density at radius 1 is 1.32 bits per heavy atom. The molecule has 0 bridgehead atoms. The molecular formula is C13H14F2N2O2. The van der Waals surface area contributed by atoms with E-state index in [4.69, 9.17) is 0 Å². The first-order chi connectivity index (χ1) is 9.08. The van der Waals surface area contributed by atoms with Gasteiger partial charge in [-0.25, -0.2) is 4.39 Å². The van der Waals surface area contributed by atoms with Crippen LogP contribution in [0.2, 0.25) is 0 Å². The quantitative estimate of drug-likeness (QED) is 0.515. The van der Waals surface area contributed by atoms with Crippen LogP contribution in [0.15, 0.2) is 24.3 Å². The smallest absolute Gasteiger partial charge is 0.307 e. The van der Waals surface area contributed by atoms with Gasteiger partial charge in [-0.3, -0.25) is 10.1 Å². The highest BCUT2D eigenvalue weighted by Gasteiger charge is 2.19. The fourth-order valence-electron chi connectivity index (χ4n) is 2.11. The molecule has 19 heavy (non-hydrogen) atoms. The van der Waals surface area contributed by atoms with E-state index >= 15 is 0 Å². The largest absolute Gasteiger partial charge is 0.382 e. The predicted octanol–water partition coefficient (Wildman–Crippen LogP) is 3.64. The second-order valence-corrected chi connectivity index (χ2v) is 4.57. The summed E-state index contributed by atoms with van der Waals surface area (Å²) >= 11 is 0. The molecule has 0 spiro atoms.